The van der Waals surface area contributed by atoms with Gasteiger partial charge in [-0.3, -0.25) is 8.98 Å². The molecule has 0 saturated heterocycles. The normalized spacial score (nSPS) is 11.1. The zero-order chi connectivity index (χ0) is 17.6. The van der Waals surface area contributed by atoms with E-state index in [1.54, 1.807) is 36.4 Å². The first-order valence-corrected chi connectivity index (χ1v) is 8.90. The van der Waals surface area contributed by atoms with E-state index in [2.05, 4.69) is 0 Å². The largest absolute Gasteiger partial charge is 0.497 e. The molecular formula is C17H18O6S. The second-order valence-electron chi connectivity index (χ2n) is 5.13. The Morgan fingerprint density at radius 1 is 1.00 bits per heavy atom. The summed E-state index contributed by atoms with van der Waals surface area (Å²) in [4.78, 5) is 10.8. The van der Waals surface area contributed by atoms with Crippen LogP contribution in [-0.2, 0) is 27.5 Å². The number of carbonyl (C=O) groups excluding carboxylic acids is 1. The number of rotatable bonds is 8. The van der Waals surface area contributed by atoms with Gasteiger partial charge in [0.15, 0.2) is 0 Å². The number of aldehydes is 1. The summed E-state index contributed by atoms with van der Waals surface area (Å²) in [6, 6.07) is 12.1. The van der Waals surface area contributed by atoms with Crippen LogP contribution in [-0.4, -0.2) is 28.1 Å². The molecule has 0 saturated carbocycles. The molecule has 0 fully saturated rings. The summed E-state index contributed by atoms with van der Waals surface area (Å²) in [5.74, 6) is 1.04. The monoisotopic (exact) mass is 350 g/mol. The molecule has 0 aromatic heterocycles. The summed E-state index contributed by atoms with van der Waals surface area (Å²) in [5, 5.41) is 0. The molecule has 0 spiro atoms. The van der Waals surface area contributed by atoms with Gasteiger partial charge < -0.3 is 9.47 Å². The summed E-state index contributed by atoms with van der Waals surface area (Å²) < 4.78 is 37.9. The Balaban J connectivity index is 2.12. The molecule has 24 heavy (non-hydrogen) atoms. The van der Waals surface area contributed by atoms with Crippen LogP contribution in [0.1, 0.15) is 21.5 Å². The van der Waals surface area contributed by atoms with Crippen molar-refractivity contribution in [2.45, 2.75) is 13.2 Å². The van der Waals surface area contributed by atoms with Gasteiger partial charge in [0.2, 0.25) is 0 Å². The smallest absolute Gasteiger partial charge is 0.264 e. The van der Waals surface area contributed by atoms with Crippen molar-refractivity contribution in [2.75, 3.05) is 13.4 Å². The van der Waals surface area contributed by atoms with Gasteiger partial charge in [0.05, 0.1) is 20.0 Å². The third-order valence-corrected chi connectivity index (χ3v) is 3.65. The maximum atomic E-state index is 11.1. The van der Waals surface area contributed by atoms with Crippen molar-refractivity contribution in [2.24, 2.45) is 0 Å². The van der Waals surface area contributed by atoms with E-state index in [1.807, 2.05) is 6.07 Å². The maximum Gasteiger partial charge on any atom is 0.264 e. The van der Waals surface area contributed by atoms with Crippen LogP contribution >= 0.6 is 0 Å². The van der Waals surface area contributed by atoms with Crippen molar-refractivity contribution >= 4 is 16.4 Å². The van der Waals surface area contributed by atoms with E-state index in [1.165, 1.54) is 7.11 Å². The highest BCUT2D eigenvalue weighted by molar-refractivity contribution is 7.85. The molecule has 0 atom stereocenters. The molecule has 2 aromatic rings. The third kappa shape index (κ3) is 5.68. The van der Waals surface area contributed by atoms with Crippen LogP contribution in [0.5, 0.6) is 11.5 Å². The predicted octanol–water partition coefficient (Wildman–Crippen LogP) is 2.56. The van der Waals surface area contributed by atoms with Gasteiger partial charge in [0.25, 0.3) is 10.1 Å². The molecule has 0 aliphatic rings. The molecule has 2 aromatic carbocycles. The minimum absolute atomic E-state index is 0.104. The Bertz CT molecular complexity index is 814. The van der Waals surface area contributed by atoms with E-state index in [4.69, 9.17) is 13.7 Å². The van der Waals surface area contributed by atoms with Gasteiger partial charge in [0.1, 0.15) is 24.4 Å². The van der Waals surface area contributed by atoms with Crippen LogP contribution in [0.3, 0.4) is 0 Å². The Hall–Kier alpha value is -2.38. The van der Waals surface area contributed by atoms with E-state index < -0.39 is 10.1 Å². The number of carbonyl (C=O) groups is 1. The topological polar surface area (TPSA) is 78.9 Å². The van der Waals surface area contributed by atoms with E-state index in [-0.39, 0.29) is 13.2 Å². The van der Waals surface area contributed by atoms with Crippen molar-refractivity contribution in [3.05, 3.63) is 59.2 Å². The summed E-state index contributed by atoms with van der Waals surface area (Å²) in [6.07, 6.45) is 1.76. The molecule has 0 bridgehead atoms. The molecule has 7 heteroatoms. The third-order valence-electron chi connectivity index (χ3n) is 3.11. The van der Waals surface area contributed by atoms with E-state index in [9.17, 15) is 13.2 Å². The Labute approximate surface area is 141 Å². The maximum absolute atomic E-state index is 11.1. The Morgan fingerprint density at radius 2 is 1.75 bits per heavy atom. The van der Waals surface area contributed by atoms with Gasteiger partial charge in [-0.15, -0.1) is 0 Å². The molecule has 6 nitrogen and oxygen atoms in total. The van der Waals surface area contributed by atoms with E-state index in [0.29, 0.717) is 22.6 Å². The van der Waals surface area contributed by atoms with Crippen LogP contribution in [0, 0.1) is 0 Å². The summed E-state index contributed by atoms with van der Waals surface area (Å²) in [5.41, 5.74) is 2.02. The van der Waals surface area contributed by atoms with Gasteiger partial charge in [-0.1, -0.05) is 18.2 Å². The number of methoxy groups -OCH3 is 1. The average Bonchev–Trinajstić information content (AvgIpc) is 2.57. The zero-order valence-corrected chi connectivity index (χ0v) is 14.2. The van der Waals surface area contributed by atoms with Crippen LogP contribution < -0.4 is 9.47 Å². The fourth-order valence-electron chi connectivity index (χ4n) is 2.01. The SMILES string of the molecule is COc1cc(COS(C)(=O)=O)cc(OCc2cccc(C=O)c2)c1. The number of ether oxygens (including phenoxy) is 2. The lowest BCUT2D eigenvalue weighted by Gasteiger charge is -2.11. The van der Waals surface area contributed by atoms with Crippen molar-refractivity contribution in [3.63, 3.8) is 0 Å². The molecule has 0 unspecified atom stereocenters. The minimum atomic E-state index is -3.53. The number of benzene rings is 2. The number of hydrogen-bond acceptors (Lipinski definition) is 6. The highest BCUT2D eigenvalue weighted by atomic mass is 32.2. The lowest BCUT2D eigenvalue weighted by Crippen LogP contribution is -2.03. The zero-order valence-electron chi connectivity index (χ0n) is 13.4. The summed E-state index contributed by atoms with van der Waals surface area (Å²) >= 11 is 0. The molecular weight excluding hydrogens is 332 g/mol. The summed E-state index contributed by atoms with van der Waals surface area (Å²) in [7, 11) is -2.02. The summed E-state index contributed by atoms with van der Waals surface area (Å²) in [6.45, 7) is 0.161. The minimum Gasteiger partial charge on any atom is -0.497 e. The first-order valence-electron chi connectivity index (χ1n) is 7.09. The molecule has 128 valence electrons. The average molecular weight is 350 g/mol. The lowest BCUT2D eigenvalue weighted by atomic mass is 10.1. The fourth-order valence-corrected chi connectivity index (χ4v) is 2.36. The van der Waals surface area contributed by atoms with Crippen LogP contribution in [0.2, 0.25) is 0 Å². The van der Waals surface area contributed by atoms with Gasteiger partial charge in [0, 0.05) is 11.6 Å². The van der Waals surface area contributed by atoms with E-state index in [0.717, 1.165) is 18.1 Å². The molecule has 2 rings (SSSR count). The molecule has 0 N–H and O–H groups in total. The van der Waals surface area contributed by atoms with Crippen molar-refractivity contribution in [1.82, 2.24) is 0 Å². The van der Waals surface area contributed by atoms with Crippen molar-refractivity contribution < 1.29 is 26.9 Å². The molecule has 0 aliphatic heterocycles. The van der Waals surface area contributed by atoms with Crippen molar-refractivity contribution in [1.29, 1.82) is 0 Å². The lowest BCUT2D eigenvalue weighted by molar-refractivity contribution is 0.112. The second-order valence-corrected chi connectivity index (χ2v) is 6.78. The van der Waals surface area contributed by atoms with E-state index >= 15 is 0 Å². The first-order chi connectivity index (χ1) is 11.4. The molecule has 0 radical (unpaired) electrons. The van der Waals surface area contributed by atoms with Gasteiger partial charge in [-0.25, -0.2) is 0 Å². The van der Waals surface area contributed by atoms with Crippen molar-refractivity contribution in [3.8, 4) is 11.5 Å². The van der Waals surface area contributed by atoms with Gasteiger partial charge in [-0.05, 0) is 29.3 Å². The molecule has 0 aliphatic carbocycles. The second kappa shape index (κ2) is 7.94. The fraction of sp³-hybridized carbons (Fsp3) is 0.235. The Morgan fingerprint density at radius 3 is 2.42 bits per heavy atom. The first kappa shape index (κ1) is 18.0. The van der Waals surface area contributed by atoms with Crippen LogP contribution in [0.4, 0.5) is 0 Å². The standard InChI is InChI=1S/C17H18O6S/c1-21-16-7-15(12-23-24(2,19)20)8-17(9-16)22-11-14-5-3-4-13(6-14)10-18/h3-10H,11-12H2,1-2H3. The Kier molecular flexibility index (Phi) is 5.94. The quantitative estimate of drug-likeness (QED) is 0.538. The highest BCUT2D eigenvalue weighted by Gasteiger charge is 2.07. The van der Waals surface area contributed by atoms with Crippen LogP contribution in [0.15, 0.2) is 42.5 Å². The highest BCUT2D eigenvalue weighted by Crippen LogP contribution is 2.24. The van der Waals surface area contributed by atoms with Gasteiger partial charge in [-0.2, -0.15) is 8.42 Å². The predicted molar refractivity (Wildman–Crippen MR) is 88.8 cm³/mol. The number of hydrogen-bond donors (Lipinski definition) is 0. The van der Waals surface area contributed by atoms with Gasteiger partial charge >= 0.3 is 0 Å². The van der Waals surface area contributed by atoms with Crippen LogP contribution in [0.25, 0.3) is 0 Å². The molecule has 0 heterocycles. The molecule has 0 amide bonds.